The van der Waals surface area contributed by atoms with Crippen molar-refractivity contribution in [2.24, 2.45) is 17.8 Å². The highest BCUT2D eigenvalue weighted by Gasteiger charge is 2.77. The predicted molar refractivity (Wildman–Crippen MR) is 190 cm³/mol. The number of anilines is 1. The Morgan fingerprint density at radius 3 is 2.47 bits per heavy atom. The summed E-state index contributed by atoms with van der Waals surface area (Å²) in [6, 6.07) is 14.0. The largest absolute Gasteiger partial charge is 0.455 e. The lowest BCUT2D eigenvalue weighted by atomic mass is 9.70. The summed E-state index contributed by atoms with van der Waals surface area (Å²) in [6.45, 7) is 11.0. The summed E-state index contributed by atoms with van der Waals surface area (Å²) in [7, 11) is 0. The van der Waals surface area contributed by atoms with Crippen molar-refractivity contribution >= 4 is 56.9 Å². The molecular weight excluding hydrogens is 714 g/mol. The van der Waals surface area contributed by atoms with Gasteiger partial charge in [0.25, 0.3) is 5.91 Å². The monoisotopic (exact) mass is 755 g/mol. The number of aliphatic hydroxyl groups is 1. The number of allylic oxidation sites excluding steroid dienone is 1. The first-order chi connectivity index (χ1) is 23.5. The number of esters is 1. The lowest BCUT2D eigenvalue weighted by molar-refractivity contribution is -0.161. The van der Waals surface area contributed by atoms with E-state index >= 15 is 0 Å². The molecule has 5 rings (SSSR count). The summed E-state index contributed by atoms with van der Waals surface area (Å²) in [5.74, 6) is -4.07. The van der Waals surface area contributed by atoms with E-state index in [2.05, 4.69) is 34.4 Å². The van der Waals surface area contributed by atoms with E-state index in [0.29, 0.717) is 22.7 Å². The van der Waals surface area contributed by atoms with Crippen LogP contribution in [-0.2, 0) is 28.7 Å². The molecule has 12 heteroatoms. The van der Waals surface area contributed by atoms with Gasteiger partial charge in [0, 0.05) is 28.5 Å². The number of hydrogen-bond acceptors (Lipinski definition) is 7. The highest BCUT2D eigenvalue weighted by Crippen LogP contribution is 2.61. The molecule has 3 fully saturated rings. The molecule has 1 unspecified atom stereocenters. The average Bonchev–Trinajstić information content (AvgIpc) is 3.68. The number of aliphatic hydroxyl groups excluding tert-OH is 1. The number of amides is 3. The topological polar surface area (TPSA) is 125 Å². The second kappa shape index (κ2) is 15.6. The number of carbonyl (C=O) groups excluding carboxylic acids is 4. The number of nitrogens with one attached hydrogen (secondary N) is 1. The van der Waals surface area contributed by atoms with E-state index in [1.54, 1.807) is 48.6 Å². The van der Waals surface area contributed by atoms with Gasteiger partial charge in [-0.3, -0.25) is 19.2 Å². The fraction of sp³-hybridized carbons (Fsp3) is 0.459. The molecule has 2 bridgehead atoms. The minimum atomic E-state index is -1.38. The molecule has 0 radical (unpaired) electrons. The van der Waals surface area contributed by atoms with Crippen LogP contribution in [0.15, 0.2) is 79.9 Å². The van der Waals surface area contributed by atoms with Crippen molar-refractivity contribution in [3.8, 4) is 0 Å². The zero-order chi connectivity index (χ0) is 35.5. The van der Waals surface area contributed by atoms with E-state index < -0.39 is 66.1 Å². The molecule has 10 nitrogen and oxygen atoms in total. The molecule has 8 atom stereocenters. The van der Waals surface area contributed by atoms with Gasteiger partial charge in [0.05, 0.1) is 37.1 Å². The SMILES string of the molecule is C=CCCC(=O)NC[C@H](OC(=O)[C@H]1[C@@H]2O[C@@]3(CC2Br)[C@@H]1C(=O)N([C@@H](CO)C(C)C)[C@@H]3C(=O)N(CC=C)c1ccc(Cl)cc1)c1ccccc1. The first-order valence-electron chi connectivity index (χ1n) is 16.5. The number of alkyl halides is 1. The van der Waals surface area contributed by atoms with Crippen LogP contribution in [0.25, 0.3) is 0 Å². The first-order valence-corrected chi connectivity index (χ1v) is 17.8. The van der Waals surface area contributed by atoms with Gasteiger partial charge in [0.15, 0.2) is 0 Å². The molecule has 1 spiro atoms. The van der Waals surface area contributed by atoms with Crippen molar-refractivity contribution in [2.75, 3.05) is 24.6 Å². The van der Waals surface area contributed by atoms with Gasteiger partial charge in [0.1, 0.15) is 17.7 Å². The molecule has 2 aromatic carbocycles. The smallest absolute Gasteiger partial charge is 0.313 e. The molecule has 0 aliphatic carbocycles. The van der Waals surface area contributed by atoms with E-state index in [9.17, 15) is 24.3 Å². The number of halogens is 2. The maximum atomic E-state index is 14.8. The summed E-state index contributed by atoms with van der Waals surface area (Å²) in [5, 5.41) is 13.9. The number of likely N-dealkylation sites (tertiary alicyclic amines) is 1. The third kappa shape index (κ3) is 7.08. The lowest BCUT2D eigenvalue weighted by Gasteiger charge is -2.40. The minimum Gasteiger partial charge on any atom is -0.455 e. The van der Waals surface area contributed by atoms with Gasteiger partial charge in [-0.1, -0.05) is 83.9 Å². The number of carbonyl (C=O) groups is 4. The molecule has 2 aromatic rings. The van der Waals surface area contributed by atoms with Crippen LogP contribution in [0, 0.1) is 17.8 Å². The lowest BCUT2D eigenvalue weighted by Crippen LogP contribution is -2.60. The molecule has 3 heterocycles. The second-order valence-corrected chi connectivity index (χ2v) is 14.7. The van der Waals surface area contributed by atoms with Crippen LogP contribution in [0.2, 0.25) is 5.02 Å². The Morgan fingerprint density at radius 2 is 1.86 bits per heavy atom. The van der Waals surface area contributed by atoms with Crippen LogP contribution < -0.4 is 10.2 Å². The summed E-state index contributed by atoms with van der Waals surface area (Å²) < 4.78 is 12.8. The van der Waals surface area contributed by atoms with Crippen molar-refractivity contribution in [3.63, 3.8) is 0 Å². The maximum Gasteiger partial charge on any atom is 0.313 e. The van der Waals surface area contributed by atoms with Gasteiger partial charge in [-0.05, 0) is 48.6 Å². The normalized spacial score (nSPS) is 26.6. The zero-order valence-electron chi connectivity index (χ0n) is 27.7. The Labute approximate surface area is 300 Å². The quantitative estimate of drug-likeness (QED) is 0.149. The van der Waals surface area contributed by atoms with Crippen molar-refractivity contribution in [2.45, 2.75) is 67.8 Å². The molecule has 2 N–H and O–H groups in total. The van der Waals surface area contributed by atoms with Crippen molar-refractivity contribution in [1.29, 1.82) is 0 Å². The fourth-order valence-corrected chi connectivity index (χ4v) is 8.52. The van der Waals surface area contributed by atoms with E-state index in [1.807, 2.05) is 32.0 Å². The van der Waals surface area contributed by atoms with Crippen LogP contribution in [-0.4, -0.2) is 82.0 Å². The molecule has 49 heavy (non-hydrogen) atoms. The molecule has 3 amide bonds. The van der Waals surface area contributed by atoms with Crippen molar-refractivity contribution < 1.29 is 33.8 Å². The summed E-state index contributed by atoms with van der Waals surface area (Å²) in [6.07, 6.45) is 2.68. The average molecular weight is 757 g/mol. The van der Waals surface area contributed by atoms with Crippen LogP contribution in [0.5, 0.6) is 0 Å². The number of nitrogens with zero attached hydrogens (tertiary/aromatic N) is 2. The second-order valence-electron chi connectivity index (χ2n) is 13.1. The summed E-state index contributed by atoms with van der Waals surface area (Å²) in [5.41, 5.74) is -0.164. The van der Waals surface area contributed by atoms with Crippen LogP contribution in [0.3, 0.4) is 0 Å². The zero-order valence-corrected chi connectivity index (χ0v) is 30.0. The Bertz CT molecular complexity index is 1560. The highest BCUT2D eigenvalue weighted by molar-refractivity contribution is 9.09. The molecular formula is C37H43BrClN3O7. The number of benzene rings is 2. The summed E-state index contributed by atoms with van der Waals surface area (Å²) >= 11 is 9.86. The van der Waals surface area contributed by atoms with E-state index in [-0.39, 0.29) is 42.6 Å². The van der Waals surface area contributed by atoms with E-state index in [1.165, 1.54) is 9.80 Å². The van der Waals surface area contributed by atoms with Gasteiger partial charge in [-0.15, -0.1) is 13.2 Å². The minimum absolute atomic E-state index is 0.0241. The van der Waals surface area contributed by atoms with E-state index in [4.69, 9.17) is 21.1 Å². The van der Waals surface area contributed by atoms with Crippen molar-refractivity contribution in [1.82, 2.24) is 10.2 Å². The number of ether oxygens (including phenoxy) is 2. The Morgan fingerprint density at radius 1 is 1.16 bits per heavy atom. The Hall–Kier alpha value is -3.51. The summed E-state index contributed by atoms with van der Waals surface area (Å²) in [4.78, 5) is 58.9. The standard InChI is InChI=1S/C37H43BrClN3O7/c1-5-7-13-29(44)40-20-28(23-11-9-8-10-12-23)48-36(47)30-31-34(45)42(27(21-43)22(3)4)33(37(31)19-26(38)32(30)49-37)35(46)41(18-6-2)25-16-14-24(39)15-17-25/h5-6,8-12,14-17,22,26-28,30-33,43H,1-2,7,13,18-21H2,3-4H3,(H,40,44)/t26?,27-,28-,30+,31-,32+,33+,37-/m0/s1. The maximum absolute atomic E-state index is 14.8. The fourth-order valence-electron chi connectivity index (χ4n) is 7.46. The van der Waals surface area contributed by atoms with Crippen LogP contribution >= 0.6 is 27.5 Å². The van der Waals surface area contributed by atoms with Gasteiger partial charge in [0.2, 0.25) is 11.8 Å². The third-order valence-electron chi connectivity index (χ3n) is 9.75. The molecule has 3 saturated heterocycles. The first kappa shape index (κ1) is 36.8. The van der Waals surface area contributed by atoms with Gasteiger partial charge in [-0.25, -0.2) is 0 Å². The van der Waals surface area contributed by atoms with Crippen LogP contribution in [0.1, 0.15) is 44.8 Å². The van der Waals surface area contributed by atoms with Crippen molar-refractivity contribution in [3.05, 3.63) is 90.5 Å². The molecule has 0 saturated carbocycles. The van der Waals surface area contributed by atoms with Gasteiger partial charge in [-0.2, -0.15) is 0 Å². The Kier molecular flexibility index (Phi) is 11.7. The number of rotatable bonds is 15. The molecule has 0 aromatic heterocycles. The molecule has 3 aliphatic heterocycles. The molecule has 3 aliphatic rings. The van der Waals surface area contributed by atoms with Gasteiger partial charge >= 0.3 is 5.97 Å². The number of hydrogen-bond donors (Lipinski definition) is 2. The van der Waals surface area contributed by atoms with E-state index in [0.717, 1.165) is 0 Å². The van der Waals surface area contributed by atoms with Gasteiger partial charge < -0.3 is 29.7 Å². The van der Waals surface area contributed by atoms with Crippen LogP contribution in [0.4, 0.5) is 5.69 Å². The third-order valence-corrected chi connectivity index (χ3v) is 10.8. The highest BCUT2D eigenvalue weighted by atomic mass is 79.9. The predicted octanol–water partition coefficient (Wildman–Crippen LogP) is 4.99. The Balaban J connectivity index is 1.52. The molecule has 262 valence electrons. The number of fused-ring (bicyclic) bond motifs is 1.